The molecule has 3 nitrogen and oxygen atoms in total. The third-order valence-electron chi connectivity index (χ3n) is 4.14. The molecule has 1 saturated heterocycles. The maximum Gasteiger partial charge on any atom is 0.118 e. The van der Waals surface area contributed by atoms with Gasteiger partial charge >= 0.3 is 0 Å². The summed E-state index contributed by atoms with van der Waals surface area (Å²) in [6, 6.07) is 2.87. The van der Waals surface area contributed by atoms with Crippen molar-refractivity contribution in [3.63, 3.8) is 0 Å². The van der Waals surface area contributed by atoms with Crippen molar-refractivity contribution in [2.75, 3.05) is 6.54 Å². The summed E-state index contributed by atoms with van der Waals surface area (Å²) < 4.78 is 5.73. The van der Waals surface area contributed by atoms with Gasteiger partial charge in [0, 0.05) is 30.2 Å². The summed E-state index contributed by atoms with van der Waals surface area (Å²) in [7, 11) is 0. The Balaban J connectivity index is 1.89. The van der Waals surface area contributed by atoms with Crippen LogP contribution in [-0.4, -0.2) is 23.0 Å². The van der Waals surface area contributed by atoms with Gasteiger partial charge in [-0.25, -0.2) is 0 Å². The SMILES string of the molecule is CC1CCC(C)N(Cc2cc(CNC(C)(C)C)co2)C1. The summed E-state index contributed by atoms with van der Waals surface area (Å²) >= 11 is 0. The molecule has 0 aliphatic carbocycles. The predicted octanol–water partition coefficient (Wildman–Crippen LogP) is 3.79. The number of rotatable bonds is 4. The number of likely N-dealkylation sites (tertiary alicyclic amines) is 1. The van der Waals surface area contributed by atoms with Crippen molar-refractivity contribution in [2.24, 2.45) is 5.92 Å². The molecule has 1 fully saturated rings. The van der Waals surface area contributed by atoms with Crippen LogP contribution in [-0.2, 0) is 13.1 Å². The van der Waals surface area contributed by atoms with Crippen LogP contribution in [0.3, 0.4) is 0 Å². The highest BCUT2D eigenvalue weighted by atomic mass is 16.3. The van der Waals surface area contributed by atoms with E-state index in [2.05, 4.69) is 50.9 Å². The van der Waals surface area contributed by atoms with E-state index in [1.54, 1.807) is 0 Å². The standard InChI is InChI=1S/C17H30N2O/c1-13-6-7-14(2)19(10-13)11-16-8-15(12-20-16)9-18-17(3,4)5/h8,12-14,18H,6-7,9-11H2,1-5H3. The first-order chi connectivity index (χ1) is 9.33. The highest BCUT2D eigenvalue weighted by Gasteiger charge is 2.23. The molecule has 0 spiro atoms. The molecule has 0 amide bonds. The van der Waals surface area contributed by atoms with Crippen LogP contribution in [0.15, 0.2) is 16.7 Å². The molecule has 114 valence electrons. The van der Waals surface area contributed by atoms with E-state index in [0.29, 0.717) is 6.04 Å². The van der Waals surface area contributed by atoms with E-state index in [1.807, 2.05) is 6.26 Å². The summed E-state index contributed by atoms with van der Waals surface area (Å²) in [5, 5.41) is 3.50. The zero-order valence-corrected chi connectivity index (χ0v) is 13.7. The average Bonchev–Trinajstić information content (AvgIpc) is 2.78. The first kappa shape index (κ1) is 15.6. The van der Waals surface area contributed by atoms with E-state index >= 15 is 0 Å². The molecule has 1 aliphatic rings. The van der Waals surface area contributed by atoms with Crippen molar-refractivity contribution < 1.29 is 4.42 Å². The van der Waals surface area contributed by atoms with Crippen LogP contribution in [0.1, 0.15) is 58.8 Å². The fraction of sp³-hybridized carbons (Fsp3) is 0.765. The van der Waals surface area contributed by atoms with Crippen LogP contribution in [0.25, 0.3) is 0 Å². The Labute approximate surface area is 123 Å². The Kier molecular flexibility index (Phi) is 4.92. The van der Waals surface area contributed by atoms with Gasteiger partial charge in [-0.2, -0.15) is 0 Å². The normalized spacial score (nSPS) is 25.1. The molecule has 2 unspecified atom stereocenters. The van der Waals surface area contributed by atoms with Crippen LogP contribution < -0.4 is 5.32 Å². The highest BCUT2D eigenvalue weighted by Crippen LogP contribution is 2.23. The lowest BCUT2D eigenvalue weighted by Crippen LogP contribution is -2.40. The van der Waals surface area contributed by atoms with E-state index in [4.69, 9.17) is 4.42 Å². The third kappa shape index (κ3) is 4.64. The summed E-state index contributed by atoms with van der Waals surface area (Å²) in [6.45, 7) is 14.2. The Bertz CT molecular complexity index is 419. The highest BCUT2D eigenvalue weighted by molar-refractivity contribution is 5.13. The monoisotopic (exact) mass is 278 g/mol. The maximum absolute atomic E-state index is 5.73. The second-order valence-corrected chi connectivity index (χ2v) is 7.49. The van der Waals surface area contributed by atoms with Crippen LogP contribution >= 0.6 is 0 Å². The molecule has 20 heavy (non-hydrogen) atoms. The minimum absolute atomic E-state index is 0.147. The molecule has 2 heterocycles. The molecule has 0 radical (unpaired) electrons. The van der Waals surface area contributed by atoms with E-state index in [1.165, 1.54) is 24.9 Å². The van der Waals surface area contributed by atoms with Gasteiger partial charge in [-0.05, 0) is 52.5 Å². The van der Waals surface area contributed by atoms with Crippen molar-refractivity contribution in [3.05, 3.63) is 23.7 Å². The van der Waals surface area contributed by atoms with Crippen molar-refractivity contribution in [1.82, 2.24) is 10.2 Å². The fourth-order valence-electron chi connectivity index (χ4n) is 2.77. The molecular formula is C17H30N2O. The van der Waals surface area contributed by atoms with Gasteiger partial charge in [0.1, 0.15) is 5.76 Å². The fourth-order valence-corrected chi connectivity index (χ4v) is 2.77. The Morgan fingerprint density at radius 1 is 1.30 bits per heavy atom. The van der Waals surface area contributed by atoms with E-state index in [-0.39, 0.29) is 5.54 Å². The number of furan rings is 1. The second-order valence-electron chi connectivity index (χ2n) is 7.49. The number of hydrogen-bond acceptors (Lipinski definition) is 3. The molecule has 2 rings (SSSR count). The maximum atomic E-state index is 5.73. The van der Waals surface area contributed by atoms with Crippen LogP contribution in [0.5, 0.6) is 0 Å². The average molecular weight is 278 g/mol. The molecular weight excluding hydrogens is 248 g/mol. The van der Waals surface area contributed by atoms with E-state index in [0.717, 1.165) is 24.8 Å². The lowest BCUT2D eigenvalue weighted by Gasteiger charge is -2.36. The Hall–Kier alpha value is -0.800. The summed E-state index contributed by atoms with van der Waals surface area (Å²) in [6.07, 6.45) is 4.56. The van der Waals surface area contributed by atoms with Crippen molar-refractivity contribution in [1.29, 1.82) is 0 Å². The summed E-state index contributed by atoms with van der Waals surface area (Å²) in [5.74, 6) is 1.90. The molecule has 0 saturated carbocycles. The predicted molar refractivity (Wildman–Crippen MR) is 83.6 cm³/mol. The van der Waals surface area contributed by atoms with Gasteiger partial charge < -0.3 is 9.73 Å². The van der Waals surface area contributed by atoms with Gasteiger partial charge in [0.05, 0.1) is 12.8 Å². The molecule has 1 N–H and O–H groups in total. The van der Waals surface area contributed by atoms with Gasteiger partial charge in [-0.1, -0.05) is 6.92 Å². The minimum Gasteiger partial charge on any atom is -0.468 e. The minimum atomic E-state index is 0.147. The largest absolute Gasteiger partial charge is 0.468 e. The molecule has 0 aromatic carbocycles. The Morgan fingerprint density at radius 2 is 2.05 bits per heavy atom. The lowest BCUT2D eigenvalue weighted by molar-refractivity contribution is 0.109. The van der Waals surface area contributed by atoms with Crippen molar-refractivity contribution in [3.8, 4) is 0 Å². The Morgan fingerprint density at radius 3 is 2.75 bits per heavy atom. The first-order valence-electron chi connectivity index (χ1n) is 7.89. The zero-order valence-electron chi connectivity index (χ0n) is 13.7. The first-order valence-corrected chi connectivity index (χ1v) is 7.89. The second kappa shape index (κ2) is 6.31. The van der Waals surface area contributed by atoms with Crippen molar-refractivity contribution in [2.45, 2.75) is 72.1 Å². The van der Waals surface area contributed by atoms with Gasteiger partial charge in [0.15, 0.2) is 0 Å². The van der Waals surface area contributed by atoms with Gasteiger partial charge in [-0.3, -0.25) is 4.90 Å². The van der Waals surface area contributed by atoms with E-state index in [9.17, 15) is 0 Å². The summed E-state index contributed by atoms with van der Waals surface area (Å²) in [4.78, 5) is 2.55. The topological polar surface area (TPSA) is 28.4 Å². The summed E-state index contributed by atoms with van der Waals surface area (Å²) in [5.41, 5.74) is 1.39. The van der Waals surface area contributed by atoms with Crippen LogP contribution in [0.4, 0.5) is 0 Å². The van der Waals surface area contributed by atoms with Crippen molar-refractivity contribution >= 4 is 0 Å². The lowest BCUT2D eigenvalue weighted by atomic mass is 9.95. The van der Waals surface area contributed by atoms with Gasteiger partial charge in [0.25, 0.3) is 0 Å². The van der Waals surface area contributed by atoms with Crippen LogP contribution in [0.2, 0.25) is 0 Å². The molecule has 1 aromatic rings. The number of piperidine rings is 1. The third-order valence-corrected chi connectivity index (χ3v) is 4.14. The molecule has 1 aliphatic heterocycles. The molecule has 1 aromatic heterocycles. The van der Waals surface area contributed by atoms with Crippen LogP contribution in [0, 0.1) is 5.92 Å². The quantitative estimate of drug-likeness (QED) is 0.908. The number of hydrogen-bond donors (Lipinski definition) is 1. The number of nitrogens with zero attached hydrogens (tertiary/aromatic N) is 1. The van der Waals surface area contributed by atoms with Gasteiger partial charge in [0.2, 0.25) is 0 Å². The zero-order chi connectivity index (χ0) is 14.8. The molecule has 0 bridgehead atoms. The van der Waals surface area contributed by atoms with Gasteiger partial charge in [-0.15, -0.1) is 0 Å². The van der Waals surface area contributed by atoms with E-state index < -0.39 is 0 Å². The number of nitrogens with one attached hydrogen (secondary N) is 1. The molecule has 3 heteroatoms. The smallest absolute Gasteiger partial charge is 0.118 e. The molecule has 2 atom stereocenters.